The summed E-state index contributed by atoms with van der Waals surface area (Å²) in [5.41, 5.74) is 2.49. The second kappa shape index (κ2) is 6.28. The van der Waals surface area contributed by atoms with Crippen LogP contribution in [-0.4, -0.2) is 38.0 Å². The van der Waals surface area contributed by atoms with E-state index in [1.165, 1.54) is 0 Å². The second-order valence-corrected chi connectivity index (χ2v) is 9.28. The van der Waals surface area contributed by atoms with Gasteiger partial charge in [-0.05, 0) is 42.3 Å². The molecule has 5 nitrogen and oxygen atoms in total. The van der Waals surface area contributed by atoms with Crippen molar-refractivity contribution in [2.45, 2.75) is 25.4 Å². The number of urea groups is 1. The molecule has 0 saturated carbocycles. The fraction of sp³-hybridized carbons (Fsp3) is 0.316. The fourth-order valence-corrected chi connectivity index (χ4v) is 5.98. The van der Waals surface area contributed by atoms with Crippen molar-refractivity contribution >= 4 is 38.8 Å². The molecule has 2 aromatic carbocycles. The van der Waals surface area contributed by atoms with E-state index >= 15 is 0 Å². The largest absolute Gasteiger partial charge is 0.329 e. The molecule has 0 aromatic heterocycles. The Morgan fingerprint density at radius 1 is 1.00 bits per heavy atom. The van der Waals surface area contributed by atoms with Crippen LogP contribution >= 0.6 is 11.6 Å². The highest BCUT2D eigenvalue weighted by Crippen LogP contribution is 2.39. The van der Waals surface area contributed by atoms with Crippen LogP contribution in [0, 0.1) is 0 Å². The maximum atomic E-state index is 13.3. The van der Waals surface area contributed by atoms with Gasteiger partial charge in [0.15, 0.2) is 9.84 Å². The molecular formula is C19H19ClN2O3S. The first-order valence-electron chi connectivity index (χ1n) is 8.57. The fourth-order valence-electron chi connectivity index (χ4n) is 3.93. The van der Waals surface area contributed by atoms with E-state index in [4.69, 9.17) is 11.6 Å². The summed E-state index contributed by atoms with van der Waals surface area (Å²) in [6.07, 6.45) is 0.769. The van der Waals surface area contributed by atoms with E-state index < -0.39 is 15.9 Å². The van der Waals surface area contributed by atoms with Gasteiger partial charge in [-0.25, -0.2) is 13.2 Å². The van der Waals surface area contributed by atoms with Gasteiger partial charge >= 0.3 is 6.03 Å². The molecule has 136 valence electrons. The Morgan fingerprint density at radius 2 is 1.62 bits per heavy atom. The van der Waals surface area contributed by atoms with Gasteiger partial charge in [0.2, 0.25) is 0 Å². The Morgan fingerprint density at radius 3 is 2.27 bits per heavy atom. The summed E-state index contributed by atoms with van der Waals surface area (Å²) in [5, 5.41) is 0.573. The minimum Gasteiger partial charge on any atom is -0.288 e. The van der Waals surface area contributed by atoms with Gasteiger partial charge in [-0.1, -0.05) is 36.7 Å². The minimum absolute atomic E-state index is 0.00839. The zero-order chi connectivity index (χ0) is 18.5. The van der Waals surface area contributed by atoms with Crippen LogP contribution in [0.5, 0.6) is 0 Å². The third kappa shape index (κ3) is 2.77. The molecule has 2 aliphatic heterocycles. The number of fused-ring (bicyclic) bond motifs is 1. The number of hydrogen-bond acceptors (Lipinski definition) is 3. The van der Waals surface area contributed by atoms with Gasteiger partial charge in [0, 0.05) is 16.4 Å². The van der Waals surface area contributed by atoms with Crippen LogP contribution in [-0.2, 0) is 16.3 Å². The molecule has 2 aliphatic rings. The quantitative estimate of drug-likeness (QED) is 0.753. The first-order valence-corrected chi connectivity index (χ1v) is 10.8. The molecule has 0 N–H and O–H groups in total. The zero-order valence-electron chi connectivity index (χ0n) is 14.3. The molecule has 0 unspecified atom stereocenters. The first kappa shape index (κ1) is 17.4. The average Bonchev–Trinajstić information content (AvgIpc) is 3.04. The summed E-state index contributed by atoms with van der Waals surface area (Å²) in [6, 6.07) is 13.7. The second-order valence-electron chi connectivity index (χ2n) is 6.69. The lowest BCUT2D eigenvalue weighted by Gasteiger charge is -2.24. The minimum atomic E-state index is -3.20. The summed E-state index contributed by atoms with van der Waals surface area (Å²) in [4.78, 5) is 16.6. The smallest absolute Gasteiger partial charge is 0.288 e. The third-order valence-corrected chi connectivity index (χ3v) is 7.06. The van der Waals surface area contributed by atoms with E-state index in [1.54, 1.807) is 34.1 Å². The molecule has 7 heteroatoms. The summed E-state index contributed by atoms with van der Waals surface area (Å²) in [5.74, 6) is -0.0254. The Balaban J connectivity index is 1.83. The van der Waals surface area contributed by atoms with Crippen molar-refractivity contribution in [2.75, 3.05) is 21.3 Å². The molecule has 4 rings (SSSR count). The summed E-state index contributed by atoms with van der Waals surface area (Å²) < 4.78 is 24.7. The molecule has 0 bridgehead atoms. The lowest BCUT2D eigenvalue weighted by atomic mass is 10.1. The molecule has 2 aromatic rings. The van der Waals surface area contributed by atoms with Gasteiger partial charge in [0.05, 0.1) is 23.6 Å². The van der Waals surface area contributed by atoms with Crippen molar-refractivity contribution in [3.63, 3.8) is 0 Å². The van der Waals surface area contributed by atoms with E-state index in [9.17, 15) is 13.2 Å². The van der Waals surface area contributed by atoms with Gasteiger partial charge < -0.3 is 0 Å². The lowest BCUT2D eigenvalue weighted by molar-refractivity contribution is 0.255. The summed E-state index contributed by atoms with van der Waals surface area (Å²) >= 11 is 5.97. The molecule has 26 heavy (non-hydrogen) atoms. The van der Waals surface area contributed by atoms with Gasteiger partial charge in [-0.2, -0.15) is 0 Å². The Hall–Kier alpha value is -2.05. The van der Waals surface area contributed by atoms with Gasteiger partial charge in [-0.3, -0.25) is 9.80 Å². The van der Waals surface area contributed by atoms with E-state index in [2.05, 4.69) is 0 Å². The highest BCUT2D eigenvalue weighted by atomic mass is 35.5. The number of amides is 2. The van der Waals surface area contributed by atoms with E-state index in [0.717, 1.165) is 17.7 Å². The summed E-state index contributed by atoms with van der Waals surface area (Å²) in [6.45, 7) is 2.03. The van der Waals surface area contributed by atoms with Crippen LogP contribution in [0.2, 0.25) is 5.02 Å². The SMILES string of the molecule is CCc1ccccc1N1C(=O)N(c2ccc(Cl)cc2)[C@H]2CS(=O)(=O)C[C@@H]21. The number of benzene rings is 2. The van der Waals surface area contributed by atoms with Crippen molar-refractivity contribution in [3.8, 4) is 0 Å². The molecule has 2 atom stereocenters. The maximum Gasteiger partial charge on any atom is 0.329 e. The number of nitrogens with zero attached hydrogens (tertiary/aromatic N) is 2. The van der Waals surface area contributed by atoms with Crippen LogP contribution in [0.1, 0.15) is 12.5 Å². The number of para-hydroxylation sites is 1. The molecule has 0 spiro atoms. The van der Waals surface area contributed by atoms with Crippen molar-refractivity contribution in [1.82, 2.24) is 0 Å². The molecule has 2 heterocycles. The first-order chi connectivity index (χ1) is 12.4. The van der Waals surface area contributed by atoms with Gasteiger partial charge in [0.25, 0.3) is 0 Å². The highest BCUT2D eigenvalue weighted by Gasteiger charge is 2.54. The number of carbonyl (C=O) groups is 1. The number of aryl methyl sites for hydroxylation is 1. The van der Waals surface area contributed by atoms with Crippen molar-refractivity contribution in [3.05, 3.63) is 59.1 Å². The Bertz CT molecular complexity index is 959. The van der Waals surface area contributed by atoms with E-state index in [1.807, 2.05) is 31.2 Å². The topological polar surface area (TPSA) is 57.7 Å². The Kier molecular flexibility index (Phi) is 4.20. The standard InChI is InChI=1S/C19H19ClN2O3S/c1-2-13-5-3-4-6-16(13)22-18-12-26(24,25)11-17(18)21(19(22)23)15-9-7-14(20)8-10-15/h3-10,17-18H,2,11-12H2,1H3/t17-,18-/m0/s1. The van der Waals surface area contributed by atoms with Crippen molar-refractivity contribution < 1.29 is 13.2 Å². The molecule has 2 amide bonds. The normalized spacial score (nSPS) is 24.2. The van der Waals surface area contributed by atoms with Crippen molar-refractivity contribution in [2.24, 2.45) is 0 Å². The number of rotatable bonds is 3. The zero-order valence-corrected chi connectivity index (χ0v) is 15.9. The number of anilines is 2. The predicted octanol–water partition coefficient (Wildman–Crippen LogP) is 3.51. The van der Waals surface area contributed by atoms with Crippen LogP contribution in [0.3, 0.4) is 0 Å². The van der Waals surface area contributed by atoms with Crippen LogP contribution in [0.25, 0.3) is 0 Å². The molecule has 0 radical (unpaired) electrons. The molecule has 2 saturated heterocycles. The number of halogens is 1. The lowest BCUT2D eigenvalue weighted by Crippen LogP contribution is -2.38. The monoisotopic (exact) mass is 390 g/mol. The van der Waals surface area contributed by atoms with Crippen molar-refractivity contribution in [1.29, 1.82) is 0 Å². The molecule has 2 fully saturated rings. The van der Waals surface area contributed by atoms with Gasteiger partial charge in [-0.15, -0.1) is 0 Å². The van der Waals surface area contributed by atoms with Crippen LogP contribution in [0.4, 0.5) is 16.2 Å². The highest BCUT2D eigenvalue weighted by molar-refractivity contribution is 7.91. The number of carbonyl (C=O) groups excluding carboxylic acids is 1. The van der Waals surface area contributed by atoms with E-state index in [0.29, 0.717) is 10.7 Å². The van der Waals surface area contributed by atoms with Crippen LogP contribution < -0.4 is 9.80 Å². The third-order valence-electron chi connectivity index (χ3n) is 5.11. The Labute approximate surface area is 158 Å². The van der Waals surface area contributed by atoms with E-state index in [-0.39, 0.29) is 23.6 Å². The molecular weight excluding hydrogens is 372 g/mol. The summed E-state index contributed by atoms with van der Waals surface area (Å²) in [7, 11) is -3.20. The number of sulfone groups is 1. The number of hydrogen-bond donors (Lipinski definition) is 0. The van der Waals surface area contributed by atoms with Gasteiger partial charge in [0.1, 0.15) is 0 Å². The molecule has 0 aliphatic carbocycles. The van der Waals surface area contributed by atoms with Crippen LogP contribution in [0.15, 0.2) is 48.5 Å². The average molecular weight is 391 g/mol. The maximum absolute atomic E-state index is 13.3. The predicted molar refractivity (Wildman–Crippen MR) is 104 cm³/mol.